The summed E-state index contributed by atoms with van der Waals surface area (Å²) in [5.74, 6) is -0.745. The van der Waals surface area contributed by atoms with E-state index in [2.05, 4.69) is 31.9 Å². The van der Waals surface area contributed by atoms with Crippen LogP contribution in [0.5, 0.6) is 5.75 Å². The third kappa shape index (κ3) is 8.99. The molecule has 36 heavy (non-hydrogen) atoms. The molecular formula is C25H44N8O3. The number of hydrogen-bond acceptors (Lipinski definition) is 9. The first-order chi connectivity index (χ1) is 17.6. The maximum absolute atomic E-state index is 13.5. The first kappa shape index (κ1) is 28.3. The molecule has 0 atom stereocenters. The van der Waals surface area contributed by atoms with E-state index in [-0.39, 0.29) is 28.7 Å². The lowest BCUT2D eigenvalue weighted by atomic mass is 10.0. The predicted octanol–water partition coefficient (Wildman–Crippen LogP) is -1.85. The van der Waals surface area contributed by atoms with Gasteiger partial charge in [-0.3, -0.25) is 9.59 Å². The van der Waals surface area contributed by atoms with E-state index in [4.69, 9.17) is 0 Å². The van der Waals surface area contributed by atoms with Crippen molar-refractivity contribution in [2.45, 2.75) is 6.92 Å². The molecule has 2 saturated heterocycles. The van der Waals surface area contributed by atoms with Gasteiger partial charge < -0.3 is 46.8 Å². The van der Waals surface area contributed by atoms with Crippen LogP contribution in [0.15, 0.2) is 12.1 Å². The number of hydrogen-bond donors (Lipinski definition) is 7. The quantitative estimate of drug-likeness (QED) is 0.248. The molecule has 2 aliphatic rings. The van der Waals surface area contributed by atoms with Crippen molar-refractivity contribution in [3.8, 4) is 5.75 Å². The van der Waals surface area contributed by atoms with Gasteiger partial charge in [0.1, 0.15) is 5.75 Å². The summed E-state index contributed by atoms with van der Waals surface area (Å²) in [6.07, 6.45) is 0. The summed E-state index contributed by atoms with van der Waals surface area (Å²) in [6.45, 7) is 13.4. The zero-order chi connectivity index (χ0) is 25.6. The van der Waals surface area contributed by atoms with Gasteiger partial charge in [0.25, 0.3) is 11.8 Å². The maximum Gasteiger partial charge on any atom is 0.257 e. The molecule has 7 N–H and O–H groups in total. The average Bonchev–Trinajstić information content (AvgIpc) is 2.85. The minimum absolute atomic E-state index is 0.184. The molecule has 0 bridgehead atoms. The summed E-state index contributed by atoms with van der Waals surface area (Å²) in [4.78, 5) is 30.6. The van der Waals surface area contributed by atoms with Gasteiger partial charge >= 0.3 is 0 Å². The fraction of sp³-hybridized carbons (Fsp3) is 0.680. The molecule has 1 aromatic carbocycles. The number of carbonyl (C=O) groups excluding carboxylic acids is 2. The summed E-state index contributed by atoms with van der Waals surface area (Å²) >= 11 is 0. The van der Waals surface area contributed by atoms with Crippen LogP contribution in [0.1, 0.15) is 26.3 Å². The Morgan fingerprint density at radius 3 is 1.17 bits per heavy atom. The Balaban J connectivity index is 1.76. The van der Waals surface area contributed by atoms with Gasteiger partial charge in [-0.25, -0.2) is 0 Å². The van der Waals surface area contributed by atoms with Crippen molar-refractivity contribution < 1.29 is 14.7 Å². The van der Waals surface area contributed by atoms with Gasteiger partial charge in [0.2, 0.25) is 0 Å². The molecule has 2 fully saturated rings. The van der Waals surface area contributed by atoms with Crippen LogP contribution in [0.2, 0.25) is 0 Å². The van der Waals surface area contributed by atoms with Gasteiger partial charge in [-0.15, -0.1) is 0 Å². The van der Waals surface area contributed by atoms with Crippen molar-refractivity contribution in [2.24, 2.45) is 0 Å². The van der Waals surface area contributed by atoms with Crippen LogP contribution in [-0.4, -0.2) is 131 Å². The van der Waals surface area contributed by atoms with Gasteiger partial charge in [-0.2, -0.15) is 0 Å². The van der Waals surface area contributed by atoms with E-state index < -0.39 is 0 Å². The minimum atomic E-state index is -0.256. The molecule has 0 radical (unpaired) electrons. The molecule has 0 spiro atoms. The number of nitrogens with one attached hydrogen (secondary N) is 6. The standard InChI is InChI=1S/C25H44N8O3/c1-20-18-21(24(35)32-14-10-28-6-2-26-3-7-29-11-15-32)23(34)22(19-20)25(36)33-16-12-30-8-4-27-5-9-31-13-17-33/h18-19,26-31,34H,2-17H2,1H3. The Morgan fingerprint density at radius 2 is 0.861 bits per heavy atom. The fourth-order valence-corrected chi connectivity index (χ4v) is 4.39. The SMILES string of the molecule is Cc1cc(C(=O)N2CCNCCNCCNCC2)c(O)c(C(=O)N2CCNCCNCCNCC2)c1. The summed E-state index contributed by atoms with van der Waals surface area (Å²) in [7, 11) is 0. The topological polar surface area (TPSA) is 133 Å². The van der Waals surface area contributed by atoms with Crippen LogP contribution < -0.4 is 31.9 Å². The lowest BCUT2D eigenvalue weighted by Gasteiger charge is -2.27. The summed E-state index contributed by atoms with van der Waals surface area (Å²) in [5, 5.41) is 31.3. The molecule has 0 unspecified atom stereocenters. The molecule has 0 aliphatic carbocycles. The molecule has 3 rings (SSSR count). The zero-order valence-electron chi connectivity index (χ0n) is 21.6. The summed E-state index contributed by atoms with van der Waals surface area (Å²) in [6, 6.07) is 3.36. The number of benzene rings is 1. The van der Waals surface area contributed by atoms with E-state index in [0.717, 1.165) is 57.9 Å². The number of aryl methyl sites for hydroxylation is 1. The van der Waals surface area contributed by atoms with Crippen LogP contribution >= 0.6 is 0 Å². The van der Waals surface area contributed by atoms with Crippen molar-refractivity contribution in [1.82, 2.24) is 41.7 Å². The number of phenolic OH excluding ortho intramolecular Hbond substituents is 1. The number of rotatable bonds is 2. The second-order valence-corrected chi connectivity index (χ2v) is 9.29. The molecule has 0 aromatic heterocycles. The van der Waals surface area contributed by atoms with Crippen LogP contribution in [0.3, 0.4) is 0 Å². The monoisotopic (exact) mass is 504 g/mol. The van der Waals surface area contributed by atoms with Gasteiger partial charge in [0, 0.05) is 105 Å². The van der Waals surface area contributed by atoms with Crippen LogP contribution in [0, 0.1) is 6.92 Å². The third-order valence-corrected chi connectivity index (χ3v) is 6.44. The summed E-state index contributed by atoms with van der Waals surface area (Å²) in [5.41, 5.74) is 1.14. The average molecular weight is 505 g/mol. The highest BCUT2D eigenvalue weighted by molar-refractivity contribution is 6.04. The molecule has 11 heteroatoms. The van der Waals surface area contributed by atoms with Gasteiger partial charge in [0.15, 0.2) is 0 Å². The first-order valence-electron chi connectivity index (χ1n) is 13.2. The van der Waals surface area contributed by atoms with Crippen molar-refractivity contribution in [3.05, 3.63) is 28.8 Å². The Labute approximate surface area is 214 Å². The second-order valence-electron chi connectivity index (χ2n) is 9.29. The van der Waals surface area contributed by atoms with E-state index >= 15 is 0 Å². The van der Waals surface area contributed by atoms with Crippen LogP contribution in [0.25, 0.3) is 0 Å². The van der Waals surface area contributed by atoms with Gasteiger partial charge in [0.05, 0.1) is 11.1 Å². The molecular weight excluding hydrogens is 460 g/mol. The predicted molar refractivity (Wildman–Crippen MR) is 142 cm³/mol. The Hall–Kier alpha value is -2.28. The molecule has 1 aromatic rings. The molecule has 0 saturated carbocycles. The largest absolute Gasteiger partial charge is 0.506 e. The number of amides is 2. The maximum atomic E-state index is 13.5. The second kappa shape index (κ2) is 15.7. The molecule has 2 heterocycles. The molecule has 202 valence electrons. The third-order valence-electron chi connectivity index (χ3n) is 6.44. The normalized spacial score (nSPS) is 20.4. The van der Waals surface area contributed by atoms with Crippen LogP contribution in [0.4, 0.5) is 0 Å². The van der Waals surface area contributed by atoms with E-state index in [1.807, 2.05) is 6.92 Å². The first-order valence-corrected chi connectivity index (χ1v) is 13.2. The summed E-state index contributed by atoms with van der Waals surface area (Å²) < 4.78 is 0. The molecule has 2 aliphatic heterocycles. The van der Waals surface area contributed by atoms with Crippen molar-refractivity contribution in [1.29, 1.82) is 0 Å². The van der Waals surface area contributed by atoms with E-state index in [0.29, 0.717) is 52.4 Å². The highest BCUT2D eigenvalue weighted by Crippen LogP contribution is 2.27. The van der Waals surface area contributed by atoms with E-state index in [1.54, 1.807) is 21.9 Å². The number of nitrogens with zero attached hydrogens (tertiary/aromatic N) is 2. The fourth-order valence-electron chi connectivity index (χ4n) is 4.39. The highest BCUT2D eigenvalue weighted by Gasteiger charge is 2.26. The van der Waals surface area contributed by atoms with Gasteiger partial charge in [-0.05, 0) is 24.6 Å². The molecule has 2 amide bonds. The van der Waals surface area contributed by atoms with Crippen molar-refractivity contribution >= 4 is 11.8 Å². The minimum Gasteiger partial charge on any atom is -0.506 e. The van der Waals surface area contributed by atoms with Gasteiger partial charge in [-0.1, -0.05) is 0 Å². The number of carbonyl (C=O) groups is 2. The molecule has 11 nitrogen and oxygen atoms in total. The number of phenols is 1. The lowest BCUT2D eigenvalue weighted by Crippen LogP contribution is -2.44. The van der Waals surface area contributed by atoms with Crippen molar-refractivity contribution in [3.63, 3.8) is 0 Å². The van der Waals surface area contributed by atoms with E-state index in [1.165, 1.54) is 0 Å². The number of aromatic hydroxyl groups is 1. The Kier molecular flexibility index (Phi) is 12.4. The van der Waals surface area contributed by atoms with E-state index in [9.17, 15) is 14.7 Å². The Morgan fingerprint density at radius 1 is 0.583 bits per heavy atom. The van der Waals surface area contributed by atoms with Crippen LogP contribution in [-0.2, 0) is 0 Å². The lowest BCUT2D eigenvalue weighted by molar-refractivity contribution is 0.0750. The Bertz CT molecular complexity index is 751. The van der Waals surface area contributed by atoms with Crippen molar-refractivity contribution in [2.75, 3.05) is 105 Å². The zero-order valence-corrected chi connectivity index (χ0v) is 21.6. The highest BCUT2D eigenvalue weighted by atomic mass is 16.3. The smallest absolute Gasteiger partial charge is 0.257 e.